The molecule has 2 bridgehead atoms. The fourth-order valence-electron chi connectivity index (χ4n) is 5.23. The molecule has 3 saturated heterocycles. The van der Waals surface area contributed by atoms with Crippen molar-refractivity contribution < 1.29 is 4.79 Å². The quantitative estimate of drug-likeness (QED) is 0.861. The fourth-order valence-corrected chi connectivity index (χ4v) is 5.23. The van der Waals surface area contributed by atoms with Crippen molar-refractivity contribution in [2.45, 2.75) is 24.8 Å². The van der Waals surface area contributed by atoms with Gasteiger partial charge in [0.2, 0.25) is 0 Å². The van der Waals surface area contributed by atoms with Gasteiger partial charge in [-0.1, -0.05) is 48.5 Å². The summed E-state index contributed by atoms with van der Waals surface area (Å²) in [6, 6.07) is 18.8. The number of amides is 2. The average Bonchev–Trinajstić information content (AvgIpc) is 3.09. The van der Waals surface area contributed by atoms with Crippen LogP contribution in [0.2, 0.25) is 0 Å². The number of primary amides is 1. The molecule has 4 heterocycles. The van der Waals surface area contributed by atoms with Gasteiger partial charge < -0.3 is 10.6 Å². The number of urea groups is 1. The van der Waals surface area contributed by atoms with E-state index in [0.717, 1.165) is 44.7 Å². The highest BCUT2D eigenvalue weighted by Crippen LogP contribution is 2.42. The molecule has 2 atom stereocenters. The van der Waals surface area contributed by atoms with E-state index < -0.39 is 0 Å². The van der Waals surface area contributed by atoms with Crippen LogP contribution in [0.4, 0.5) is 10.5 Å². The van der Waals surface area contributed by atoms with Crippen molar-refractivity contribution in [2.75, 3.05) is 31.2 Å². The van der Waals surface area contributed by atoms with Crippen molar-refractivity contribution in [3.63, 3.8) is 0 Å². The highest BCUT2D eigenvalue weighted by atomic mass is 35.5. The fraction of sp³-hybridized carbons (Fsp3) is 0.409. The molecule has 0 spiro atoms. The molecule has 0 radical (unpaired) electrons. The average molecular weight is 399 g/mol. The van der Waals surface area contributed by atoms with Crippen LogP contribution in [-0.2, 0) is 0 Å². The lowest BCUT2D eigenvalue weighted by molar-refractivity contribution is 0.0198. The lowest BCUT2D eigenvalue weighted by Crippen LogP contribution is -2.64. The zero-order valence-corrected chi connectivity index (χ0v) is 16.7. The molecule has 2 amide bonds. The van der Waals surface area contributed by atoms with Crippen molar-refractivity contribution in [3.05, 3.63) is 65.7 Å². The predicted molar refractivity (Wildman–Crippen MR) is 114 cm³/mol. The number of hydrogen-bond donors (Lipinski definition) is 1. The number of carbonyl (C=O) groups excluding carboxylic acids is 1. The van der Waals surface area contributed by atoms with Gasteiger partial charge in [0.1, 0.15) is 0 Å². The molecule has 28 heavy (non-hydrogen) atoms. The molecule has 6 heteroatoms. The summed E-state index contributed by atoms with van der Waals surface area (Å²) < 4.78 is 0. The summed E-state index contributed by atoms with van der Waals surface area (Å²) in [6.45, 7) is 3.99. The number of carbonyl (C=O) groups is 1. The van der Waals surface area contributed by atoms with Crippen molar-refractivity contribution in [3.8, 4) is 0 Å². The number of nitrogens with zero attached hydrogens (tertiary/aromatic N) is 3. The number of piperidine rings is 3. The van der Waals surface area contributed by atoms with E-state index in [0.29, 0.717) is 5.92 Å². The van der Waals surface area contributed by atoms with Gasteiger partial charge in [0.05, 0.1) is 18.3 Å². The Morgan fingerprint density at radius 2 is 1.64 bits per heavy atom. The van der Waals surface area contributed by atoms with Crippen molar-refractivity contribution in [1.29, 1.82) is 0 Å². The van der Waals surface area contributed by atoms with E-state index in [2.05, 4.69) is 58.4 Å². The van der Waals surface area contributed by atoms with Crippen LogP contribution in [-0.4, -0.2) is 48.2 Å². The number of fused-ring (bicyclic) bond motifs is 4. The summed E-state index contributed by atoms with van der Waals surface area (Å²) in [5, 5.41) is 4.03. The Morgan fingerprint density at radius 3 is 2.29 bits per heavy atom. The minimum absolute atomic E-state index is 0. The van der Waals surface area contributed by atoms with Gasteiger partial charge in [0.25, 0.3) is 0 Å². The van der Waals surface area contributed by atoms with Crippen LogP contribution >= 0.6 is 12.4 Å². The first-order valence-corrected chi connectivity index (χ1v) is 9.94. The lowest BCUT2D eigenvalue weighted by atomic mass is 9.83. The maximum atomic E-state index is 12.6. The van der Waals surface area contributed by atoms with E-state index >= 15 is 0 Å². The number of hydrogen-bond acceptors (Lipinski definition) is 3. The van der Waals surface area contributed by atoms with Crippen LogP contribution in [0.3, 0.4) is 0 Å². The van der Waals surface area contributed by atoms with Gasteiger partial charge in [-0.25, -0.2) is 9.80 Å². The van der Waals surface area contributed by atoms with Gasteiger partial charge in [-0.05, 0) is 49.0 Å². The van der Waals surface area contributed by atoms with Gasteiger partial charge in [0.15, 0.2) is 0 Å². The van der Waals surface area contributed by atoms with Crippen molar-refractivity contribution in [1.82, 2.24) is 9.91 Å². The molecule has 4 aliphatic rings. The van der Waals surface area contributed by atoms with Crippen molar-refractivity contribution in [2.24, 2.45) is 11.7 Å². The molecular weight excluding hydrogens is 372 g/mol. The molecule has 0 saturated carbocycles. The summed E-state index contributed by atoms with van der Waals surface area (Å²) in [6.07, 6.45) is 2.32. The minimum atomic E-state index is -0.336. The van der Waals surface area contributed by atoms with Crippen LogP contribution in [0.15, 0.2) is 54.6 Å². The lowest BCUT2D eigenvalue weighted by Gasteiger charge is -2.50. The third-order valence-corrected chi connectivity index (χ3v) is 6.57. The Bertz CT molecular complexity index is 837. The molecular formula is C22H27ClN4O. The second-order valence-corrected chi connectivity index (χ2v) is 7.99. The van der Waals surface area contributed by atoms with Crippen LogP contribution in [0, 0.1) is 5.92 Å². The molecule has 2 aromatic rings. The zero-order chi connectivity index (χ0) is 18.4. The molecule has 2 unspecified atom stereocenters. The third-order valence-electron chi connectivity index (χ3n) is 6.57. The molecule has 0 aliphatic carbocycles. The third kappa shape index (κ3) is 3.12. The second-order valence-electron chi connectivity index (χ2n) is 7.99. The maximum absolute atomic E-state index is 12.6. The highest BCUT2D eigenvalue weighted by Gasteiger charge is 2.44. The number of para-hydroxylation sites is 1. The van der Waals surface area contributed by atoms with Crippen LogP contribution < -0.4 is 10.7 Å². The van der Waals surface area contributed by atoms with Gasteiger partial charge in [-0.15, -0.1) is 12.4 Å². The molecule has 2 N–H and O–H groups in total. The first kappa shape index (κ1) is 19.1. The van der Waals surface area contributed by atoms with Gasteiger partial charge in [-0.2, -0.15) is 0 Å². The summed E-state index contributed by atoms with van der Waals surface area (Å²) >= 11 is 0. The first-order chi connectivity index (χ1) is 13.2. The Balaban J connectivity index is 0.00000192. The van der Waals surface area contributed by atoms with Gasteiger partial charge in [-0.3, -0.25) is 5.01 Å². The smallest absolute Gasteiger partial charge is 0.333 e. The molecule has 4 aliphatic heterocycles. The first-order valence-electron chi connectivity index (χ1n) is 9.94. The minimum Gasteiger partial charge on any atom is -0.350 e. The molecule has 6 rings (SSSR count). The molecule has 3 fully saturated rings. The molecule has 5 nitrogen and oxygen atoms in total. The zero-order valence-electron chi connectivity index (χ0n) is 15.9. The van der Waals surface area contributed by atoms with Gasteiger partial charge >= 0.3 is 6.03 Å². The Kier molecular flexibility index (Phi) is 5.21. The standard InChI is InChI=1S/C22H26N4O.ClH/c23-22(27)26(21-15-24-12-10-17(21)11-13-24)25-14-19(16-6-2-1-3-7-16)18-8-4-5-9-20(18)25;/h1-9,17,19,21H,10-15H2,(H2,23,27);1H. The maximum Gasteiger partial charge on any atom is 0.333 e. The monoisotopic (exact) mass is 398 g/mol. The number of rotatable bonds is 3. The van der Waals surface area contributed by atoms with E-state index in [1.54, 1.807) is 0 Å². The van der Waals surface area contributed by atoms with E-state index in [1.807, 2.05) is 11.1 Å². The van der Waals surface area contributed by atoms with E-state index in [4.69, 9.17) is 5.73 Å². The van der Waals surface area contributed by atoms with Crippen LogP contribution in [0.5, 0.6) is 0 Å². The molecule has 2 aromatic carbocycles. The predicted octanol–water partition coefficient (Wildman–Crippen LogP) is 3.45. The highest BCUT2D eigenvalue weighted by molar-refractivity contribution is 5.85. The number of benzene rings is 2. The normalized spacial score (nSPS) is 27.8. The summed E-state index contributed by atoms with van der Waals surface area (Å²) in [5.74, 6) is 0.802. The Morgan fingerprint density at radius 1 is 0.964 bits per heavy atom. The molecule has 0 aromatic heterocycles. The van der Waals surface area contributed by atoms with Crippen LogP contribution in [0.1, 0.15) is 29.9 Å². The second kappa shape index (κ2) is 7.64. The number of hydrazine groups is 1. The Labute approximate surface area is 172 Å². The summed E-state index contributed by atoms with van der Waals surface area (Å²) in [7, 11) is 0. The van der Waals surface area contributed by atoms with Gasteiger partial charge in [0, 0.05) is 12.5 Å². The summed E-state index contributed by atoms with van der Waals surface area (Å²) in [4.78, 5) is 15.1. The SMILES string of the molecule is Cl.NC(=O)N(C1CN2CCC1CC2)N1CC(c2ccccc2)c2ccccc21. The van der Waals surface area contributed by atoms with E-state index in [-0.39, 0.29) is 30.4 Å². The largest absolute Gasteiger partial charge is 0.350 e. The Hall–Kier alpha value is -2.24. The molecule has 148 valence electrons. The van der Waals surface area contributed by atoms with Crippen LogP contribution in [0.25, 0.3) is 0 Å². The number of anilines is 1. The van der Waals surface area contributed by atoms with Crippen molar-refractivity contribution >= 4 is 24.1 Å². The van der Waals surface area contributed by atoms with E-state index in [1.165, 1.54) is 11.1 Å². The topological polar surface area (TPSA) is 52.8 Å². The van der Waals surface area contributed by atoms with E-state index in [9.17, 15) is 4.79 Å². The summed E-state index contributed by atoms with van der Waals surface area (Å²) in [5.41, 5.74) is 9.62. The number of nitrogens with two attached hydrogens (primary N) is 1. The number of halogens is 1.